The van der Waals surface area contributed by atoms with Crippen molar-refractivity contribution in [3.8, 4) is 0 Å². The van der Waals surface area contributed by atoms with Crippen molar-refractivity contribution in [3.63, 3.8) is 0 Å². The summed E-state index contributed by atoms with van der Waals surface area (Å²) < 4.78 is 5.17. The summed E-state index contributed by atoms with van der Waals surface area (Å²) in [6.45, 7) is 14.7. The third-order valence-electron chi connectivity index (χ3n) is 2.64. The van der Waals surface area contributed by atoms with Gasteiger partial charge in [0.25, 0.3) is 0 Å². The molecule has 0 saturated carbocycles. The zero-order valence-electron chi connectivity index (χ0n) is 15.1. The maximum atomic E-state index is 11.5. The number of guanidine groups is 1. The van der Waals surface area contributed by atoms with Gasteiger partial charge in [-0.15, -0.1) is 0 Å². The van der Waals surface area contributed by atoms with E-state index in [1.54, 1.807) is 0 Å². The highest BCUT2D eigenvalue weighted by atomic mass is 16.6. The minimum Gasteiger partial charge on any atom is -0.444 e. The molecular weight excluding hydrogens is 280 g/mol. The molecular formula is C16H34N4O2. The molecule has 0 bridgehead atoms. The van der Waals surface area contributed by atoms with E-state index in [-0.39, 0.29) is 0 Å². The number of carbonyl (C=O) groups excluding carboxylic acids is 1. The van der Waals surface area contributed by atoms with Crippen LogP contribution < -0.4 is 16.0 Å². The minimum absolute atomic E-state index is 0.395. The Hall–Kier alpha value is -1.46. The molecule has 0 spiro atoms. The molecule has 0 radical (unpaired) electrons. The largest absolute Gasteiger partial charge is 0.444 e. The number of hydrogen-bond donors (Lipinski definition) is 3. The Morgan fingerprint density at radius 1 is 1.14 bits per heavy atom. The summed E-state index contributed by atoms with van der Waals surface area (Å²) in [5, 5.41) is 9.10. The van der Waals surface area contributed by atoms with Gasteiger partial charge in [-0.3, -0.25) is 4.99 Å². The van der Waals surface area contributed by atoms with Crippen LogP contribution in [0.2, 0.25) is 0 Å². The highest BCUT2D eigenvalue weighted by molar-refractivity contribution is 5.79. The summed E-state index contributed by atoms with van der Waals surface area (Å²) in [4.78, 5) is 16.0. The molecule has 0 aliphatic rings. The van der Waals surface area contributed by atoms with E-state index >= 15 is 0 Å². The molecule has 0 aromatic heterocycles. The number of nitrogens with one attached hydrogen (secondary N) is 3. The second kappa shape index (κ2) is 11.2. The zero-order chi connectivity index (χ0) is 17.0. The topological polar surface area (TPSA) is 74.8 Å². The van der Waals surface area contributed by atoms with E-state index in [0.717, 1.165) is 25.5 Å². The van der Waals surface area contributed by atoms with Gasteiger partial charge in [0, 0.05) is 26.2 Å². The van der Waals surface area contributed by atoms with Crippen molar-refractivity contribution >= 4 is 12.1 Å². The predicted octanol–water partition coefficient (Wildman–Crippen LogP) is 2.50. The van der Waals surface area contributed by atoms with E-state index in [2.05, 4.69) is 34.8 Å². The van der Waals surface area contributed by atoms with Gasteiger partial charge in [0.05, 0.1) is 0 Å². The minimum atomic E-state index is -0.468. The van der Waals surface area contributed by atoms with E-state index in [0.29, 0.717) is 19.0 Å². The van der Waals surface area contributed by atoms with Crippen molar-refractivity contribution in [2.45, 2.75) is 60.0 Å². The predicted molar refractivity (Wildman–Crippen MR) is 92.3 cm³/mol. The van der Waals surface area contributed by atoms with Crippen molar-refractivity contribution in [2.75, 3.05) is 26.2 Å². The summed E-state index contributed by atoms with van der Waals surface area (Å²) in [6.07, 6.45) is 1.88. The first-order valence-electron chi connectivity index (χ1n) is 8.23. The molecule has 0 unspecified atom stereocenters. The first-order valence-corrected chi connectivity index (χ1v) is 8.23. The number of rotatable bonds is 8. The van der Waals surface area contributed by atoms with E-state index in [1.165, 1.54) is 6.42 Å². The Morgan fingerprint density at radius 3 is 2.32 bits per heavy atom. The molecule has 1 amide bonds. The lowest BCUT2D eigenvalue weighted by molar-refractivity contribution is 0.0529. The van der Waals surface area contributed by atoms with Crippen LogP contribution in [0.3, 0.4) is 0 Å². The fraction of sp³-hybridized carbons (Fsp3) is 0.875. The van der Waals surface area contributed by atoms with Crippen molar-refractivity contribution in [3.05, 3.63) is 0 Å². The number of nitrogens with zero attached hydrogens (tertiary/aromatic N) is 1. The number of alkyl carbamates (subject to hydrolysis) is 1. The Morgan fingerprint density at radius 2 is 1.77 bits per heavy atom. The molecule has 0 aliphatic heterocycles. The molecule has 0 aromatic rings. The van der Waals surface area contributed by atoms with Crippen molar-refractivity contribution in [2.24, 2.45) is 10.9 Å². The van der Waals surface area contributed by atoms with Crippen molar-refractivity contribution < 1.29 is 9.53 Å². The van der Waals surface area contributed by atoms with Crippen LogP contribution in [-0.2, 0) is 4.74 Å². The van der Waals surface area contributed by atoms with E-state index < -0.39 is 11.7 Å². The number of ether oxygens (including phenoxy) is 1. The average molecular weight is 314 g/mol. The molecule has 3 N–H and O–H groups in total. The molecule has 6 nitrogen and oxygen atoms in total. The molecule has 130 valence electrons. The molecule has 6 heteroatoms. The zero-order valence-corrected chi connectivity index (χ0v) is 15.1. The van der Waals surface area contributed by atoms with Gasteiger partial charge in [0.15, 0.2) is 5.96 Å². The highest BCUT2D eigenvalue weighted by Gasteiger charge is 2.15. The van der Waals surface area contributed by atoms with Crippen LogP contribution in [0.15, 0.2) is 4.99 Å². The quantitative estimate of drug-likeness (QED) is 0.365. The summed E-state index contributed by atoms with van der Waals surface area (Å²) in [5.41, 5.74) is -0.468. The van der Waals surface area contributed by atoms with Gasteiger partial charge >= 0.3 is 6.09 Å². The Labute approximate surface area is 135 Å². The van der Waals surface area contributed by atoms with Gasteiger partial charge in [0.1, 0.15) is 5.60 Å². The van der Waals surface area contributed by atoms with Crippen LogP contribution in [0.4, 0.5) is 4.79 Å². The number of aliphatic imine (C=N–C) groups is 1. The normalized spacial score (nSPS) is 12.2. The van der Waals surface area contributed by atoms with Gasteiger partial charge in [-0.25, -0.2) is 4.79 Å². The van der Waals surface area contributed by atoms with E-state index in [1.807, 2.05) is 27.7 Å². The molecule has 0 fully saturated rings. The smallest absolute Gasteiger partial charge is 0.407 e. The number of hydrogen-bond acceptors (Lipinski definition) is 3. The van der Waals surface area contributed by atoms with Crippen LogP contribution in [0.5, 0.6) is 0 Å². The van der Waals surface area contributed by atoms with Gasteiger partial charge in [-0.05, 0) is 46.5 Å². The van der Waals surface area contributed by atoms with Gasteiger partial charge in [0.2, 0.25) is 0 Å². The summed E-state index contributed by atoms with van der Waals surface area (Å²) in [7, 11) is 0. The lowest BCUT2D eigenvalue weighted by atomic mass is 10.1. The van der Waals surface area contributed by atoms with E-state index in [4.69, 9.17) is 4.74 Å². The van der Waals surface area contributed by atoms with Crippen molar-refractivity contribution in [1.82, 2.24) is 16.0 Å². The molecule has 0 atom stereocenters. The SMILES string of the molecule is CCNC(=NCCCC(C)C)NCCNC(=O)OC(C)(C)C. The fourth-order valence-corrected chi connectivity index (χ4v) is 1.69. The Balaban J connectivity index is 3.94. The van der Waals surface area contributed by atoms with Crippen molar-refractivity contribution in [1.29, 1.82) is 0 Å². The summed E-state index contributed by atoms with van der Waals surface area (Å²) >= 11 is 0. The third kappa shape index (κ3) is 13.5. The molecule has 22 heavy (non-hydrogen) atoms. The molecule has 0 heterocycles. The maximum Gasteiger partial charge on any atom is 0.407 e. The third-order valence-corrected chi connectivity index (χ3v) is 2.64. The molecule has 0 aromatic carbocycles. The Bertz CT molecular complexity index is 336. The van der Waals surface area contributed by atoms with Crippen LogP contribution >= 0.6 is 0 Å². The molecule has 0 saturated heterocycles. The van der Waals surface area contributed by atoms with Gasteiger partial charge in [-0.2, -0.15) is 0 Å². The lowest BCUT2D eigenvalue weighted by Crippen LogP contribution is -2.42. The standard InChI is InChI=1S/C16H34N4O2/c1-7-17-14(18-10-8-9-13(2)3)19-11-12-20-15(21)22-16(4,5)6/h13H,7-12H2,1-6H3,(H,20,21)(H2,17,18,19). The fourth-order valence-electron chi connectivity index (χ4n) is 1.69. The number of amides is 1. The molecule has 0 aliphatic carbocycles. The summed E-state index contributed by atoms with van der Waals surface area (Å²) in [5.74, 6) is 1.50. The molecule has 0 rings (SSSR count). The van der Waals surface area contributed by atoms with Gasteiger partial charge in [-0.1, -0.05) is 13.8 Å². The van der Waals surface area contributed by atoms with Gasteiger partial charge < -0.3 is 20.7 Å². The van der Waals surface area contributed by atoms with E-state index in [9.17, 15) is 4.79 Å². The monoisotopic (exact) mass is 314 g/mol. The lowest BCUT2D eigenvalue weighted by Gasteiger charge is -2.19. The maximum absolute atomic E-state index is 11.5. The van der Waals surface area contributed by atoms with Crippen LogP contribution in [0, 0.1) is 5.92 Å². The highest BCUT2D eigenvalue weighted by Crippen LogP contribution is 2.06. The summed E-state index contributed by atoms with van der Waals surface area (Å²) in [6, 6.07) is 0. The first kappa shape index (κ1) is 20.5. The second-order valence-corrected chi connectivity index (χ2v) is 6.65. The average Bonchev–Trinajstić information content (AvgIpc) is 2.37. The Kier molecular flexibility index (Phi) is 10.4. The first-order chi connectivity index (χ1) is 10.2. The second-order valence-electron chi connectivity index (χ2n) is 6.65. The number of carbonyl (C=O) groups is 1. The van der Waals surface area contributed by atoms with Crippen LogP contribution in [-0.4, -0.2) is 43.8 Å². The van der Waals surface area contributed by atoms with Crippen LogP contribution in [0.25, 0.3) is 0 Å². The van der Waals surface area contributed by atoms with Crippen LogP contribution in [0.1, 0.15) is 54.4 Å².